The Morgan fingerprint density at radius 2 is 2.00 bits per heavy atom. The molecule has 0 amide bonds. The number of nitrogens with one attached hydrogen (secondary N) is 1. The quantitative estimate of drug-likeness (QED) is 0.509. The zero-order chi connectivity index (χ0) is 23.2. The Kier molecular flexibility index (Phi) is 7.66. The van der Waals surface area contributed by atoms with Gasteiger partial charge in [0.25, 0.3) is 0 Å². The lowest BCUT2D eigenvalue weighted by atomic mass is 9.98. The number of aromatic nitrogens is 1. The van der Waals surface area contributed by atoms with Crippen molar-refractivity contribution in [2.45, 2.75) is 59.5 Å². The van der Waals surface area contributed by atoms with Gasteiger partial charge in [0, 0.05) is 17.3 Å². The molecule has 0 bridgehead atoms. The summed E-state index contributed by atoms with van der Waals surface area (Å²) < 4.78 is 6.46. The molecule has 174 valence electrons. The molecule has 0 radical (unpaired) electrons. The summed E-state index contributed by atoms with van der Waals surface area (Å²) in [4.78, 5) is 7.51. The Hall–Kier alpha value is -2.85. The summed E-state index contributed by atoms with van der Waals surface area (Å²) in [7, 11) is 0. The minimum absolute atomic E-state index is 0.244. The molecule has 33 heavy (non-hydrogen) atoms. The first-order valence-corrected chi connectivity index (χ1v) is 12.4. The van der Waals surface area contributed by atoms with Crippen LogP contribution in [0.25, 0.3) is 16.6 Å². The number of nitrogens with zero attached hydrogens (tertiary/aromatic N) is 2. The number of hydrogen-bond acceptors (Lipinski definition) is 4. The summed E-state index contributed by atoms with van der Waals surface area (Å²) in [6.45, 7) is 11.0. The van der Waals surface area contributed by atoms with Crippen LogP contribution in [0, 0.1) is 5.92 Å². The lowest BCUT2D eigenvalue weighted by molar-refractivity contribution is 0.164. The first kappa shape index (κ1) is 23.3. The predicted molar refractivity (Wildman–Crippen MR) is 139 cm³/mol. The van der Waals surface area contributed by atoms with Crippen molar-refractivity contribution < 1.29 is 4.74 Å². The molecular formula is C29H37N3O. The molecule has 1 N–H and O–H groups in total. The van der Waals surface area contributed by atoms with E-state index in [2.05, 4.69) is 98.7 Å². The highest BCUT2D eigenvalue weighted by atomic mass is 16.5. The second-order valence-corrected chi connectivity index (χ2v) is 9.27. The van der Waals surface area contributed by atoms with Gasteiger partial charge >= 0.3 is 0 Å². The van der Waals surface area contributed by atoms with Gasteiger partial charge in [0.1, 0.15) is 17.4 Å². The van der Waals surface area contributed by atoms with Crippen molar-refractivity contribution in [3.05, 3.63) is 77.8 Å². The van der Waals surface area contributed by atoms with Crippen LogP contribution < -0.4 is 10.1 Å². The molecule has 1 aromatic carbocycles. The van der Waals surface area contributed by atoms with Crippen LogP contribution in [0.5, 0.6) is 5.75 Å². The summed E-state index contributed by atoms with van der Waals surface area (Å²) in [5, 5.41) is 4.53. The second kappa shape index (κ2) is 10.8. The molecule has 3 heterocycles. The van der Waals surface area contributed by atoms with Gasteiger partial charge in [-0.1, -0.05) is 57.5 Å². The monoisotopic (exact) mass is 443 g/mol. The summed E-state index contributed by atoms with van der Waals surface area (Å²) in [6, 6.07) is 10.6. The minimum atomic E-state index is 0.244. The van der Waals surface area contributed by atoms with Gasteiger partial charge in [-0.2, -0.15) is 0 Å². The smallest absolute Gasteiger partial charge is 0.145 e. The first-order valence-electron chi connectivity index (χ1n) is 12.4. The van der Waals surface area contributed by atoms with Crippen molar-refractivity contribution in [1.82, 2.24) is 15.2 Å². The molecular weight excluding hydrogens is 406 g/mol. The number of pyridine rings is 1. The standard InChI is InChI=1S/C29H37N3O/c1-5-6-11-24-12-7-8-20-32(24)29(22(4)21(2)3)26-15-14-23-10-9-13-27(28(23)31-26)33-25-16-18-30-19-17-25/h7-15,20-21,25,30H,5-6,16-19H2,1-4H3. The molecule has 0 aliphatic carbocycles. The number of fused-ring (bicyclic) bond motifs is 1. The largest absolute Gasteiger partial charge is 0.488 e. The molecule has 1 fully saturated rings. The third kappa shape index (κ3) is 5.39. The fourth-order valence-corrected chi connectivity index (χ4v) is 4.35. The highest BCUT2D eigenvalue weighted by Gasteiger charge is 2.21. The molecule has 0 spiro atoms. The lowest BCUT2D eigenvalue weighted by Crippen LogP contribution is -2.34. The van der Waals surface area contributed by atoms with Crippen LogP contribution in [-0.4, -0.2) is 29.1 Å². The van der Waals surface area contributed by atoms with Crippen molar-refractivity contribution in [2.24, 2.45) is 5.92 Å². The fraction of sp³-hybridized carbons (Fsp3) is 0.414. The van der Waals surface area contributed by atoms with Gasteiger partial charge in [0.15, 0.2) is 0 Å². The Bertz CT molecular complexity index is 1090. The molecule has 2 aromatic rings. The van der Waals surface area contributed by atoms with E-state index < -0.39 is 0 Å². The number of unbranched alkanes of at least 4 members (excludes halogenated alkanes) is 1. The second-order valence-electron chi connectivity index (χ2n) is 9.27. The molecule has 0 saturated carbocycles. The highest BCUT2D eigenvalue weighted by Crippen LogP contribution is 2.34. The average molecular weight is 444 g/mol. The molecule has 2 aliphatic rings. The van der Waals surface area contributed by atoms with E-state index in [-0.39, 0.29) is 6.10 Å². The first-order chi connectivity index (χ1) is 16.1. The van der Waals surface area contributed by atoms with Gasteiger partial charge in [0.05, 0.1) is 11.4 Å². The predicted octanol–water partition coefficient (Wildman–Crippen LogP) is 6.82. The van der Waals surface area contributed by atoms with E-state index in [1.807, 2.05) is 0 Å². The summed E-state index contributed by atoms with van der Waals surface area (Å²) in [6.07, 6.45) is 15.4. The maximum absolute atomic E-state index is 6.46. The van der Waals surface area contributed by atoms with Crippen LogP contribution in [0.2, 0.25) is 0 Å². The van der Waals surface area contributed by atoms with Gasteiger partial charge in [-0.05, 0) is 75.1 Å². The normalized spacial score (nSPS) is 18.9. The van der Waals surface area contributed by atoms with Crippen LogP contribution in [0.15, 0.2) is 72.1 Å². The number of allylic oxidation sites excluding steroid dienone is 5. The zero-order valence-electron chi connectivity index (χ0n) is 20.5. The van der Waals surface area contributed by atoms with Crippen LogP contribution >= 0.6 is 0 Å². The van der Waals surface area contributed by atoms with Crippen molar-refractivity contribution in [2.75, 3.05) is 13.1 Å². The van der Waals surface area contributed by atoms with Crippen LogP contribution in [0.4, 0.5) is 0 Å². The maximum atomic E-state index is 6.46. The molecule has 4 rings (SSSR count). The van der Waals surface area contributed by atoms with Crippen molar-refractivity contribution in [1.29, 1.82) is 0 Å². The van der Waals surface area contributed by atoms with Crippen LogP contribution in [-0.2, 0) is 0 Å². The van der Waals surface area contributed by atoms with Crippen molar-refractivity contribution in [3.63, 3.8) is 0 Å². The van der Waals surface area contributed by atoms with Crippen LogP contribution in [0.1, 0.15) is 59.1 Å². The van der Waals surface area contributed by atoms with Gasteiger partial charge in [-0.3, -0.25) is 0 Å². The Morgan fingerprint density at radius 1 is 1.18 bits per heavy atom. The summed E-state index contributed by atoms with van der Waals surface area (Å²) in [5.74, 6) is 1.30. The average Bonchev–Trinajstić information content (AvgIpc) is 2.84. The third-order valence-electron chi connectivity index (χ3n) is 6.52. The number of rotatable bonds is 7. The van der Waals surface area contributed by atoms with E-state index in [9.17, 15) is 0 Å². The number of hydrogen-bond donors (Lipinski definition) is 1. The topological polar surface area (TPSA) is 37.4 Å². The van der Waals surface area contributed by atoms with Gasteiger partial charge in [0.2, 0.25) is 0 Å². The van der Waals surface area contributed by atoms with E-state index in [0.29, 0.717) is 5.92 Å². The molecule has 1 aromatic heterocycles. The van der Waals surface area contributed by atoms with E-state index in [1.54, 1.807) is 0 Å². The molecule has 1 saturated heterocycles. The van der Waals surface area contributed by atoms with E-state index in [4.69, 9.17) is 9.72 Å². The van der Waals surface area contributed by atoms with E-state index in [1.165, 1.54) is 11.3 Å². The van der Waals surface area contributed by atoms with Crippen molar-refractivity contribution in [3.8, 4) is 5.75 Å². The molecule has 4 nitrogen and oxygen atoms in total. The Labute approximate surface area is 198 Å². The van der Waals surface area contributed by atoms with Crippen molar-refractivity contribution >= 4 is 16.6 Å². The summed E-state index contributed by atoms with van der Waals surface area (Å²) >= 11 is 0. The van der Waals surface area contributed by atoms with Crippen LogP contribution in [0.3, 0.4) is 0 Å². The minimum Gasteiger partial charge on any atom is -0.488 e. The SMILES string of the molecule is CCCC=C1C=CC=CN1C(=C(C)C(C)C)c1ccc2cccc(OC3CCNCC3)c2n1. The number of para-hydroxylation sites is 1. The molecule has 0 unspecified atom stereocenters. The van der Waals surface area contributed by atoms with E-state index >= 15 is 0 Å². The van der Waals surface area contributed by atoms with Gasteiger partial charge < -0.3 is 15.0 Å². The lowest BCUT2D eigenvalue weighted by Gasteiger charge is -2.30. The maximum Gasteiger partial charge on any atom is 0.145 e. The molecule has 2 aliphatic heterocycles. The fourth-order valence-electron chi connectivity index (χ4n) is 4.35. The molecule has 0 atom stereocenters. The number of ether oxygens (including phenoxy) is 1. The molecule has 4 heteroatoms. The Morgan fingerprint density at radius 3 is 2.76 bits per heavy atom. The van der Waals surface area contributed by atoms with Gasteiger partial charge in [-0.25, -0.2) is 4.98 Å². The zero-order valence-corrected chi connectivity index (χ0v) is 20.5. The van der Waals surface area contributed by atoms with E-state index in [0.717, 1.165) is 66.8 Å². The highest BCUT2D eigenvalue weighted by molar-refractivity contribution is 5.86. The number of benzene rings is 1. The third-order valence-corrected chi connectivity index (χ3v) is 6.52. The summed E-state index contributed by atoms with van der Waals surface area (Å²) in [5.41, 5.74) is 5.61. The van der Waals surface area contributed by atoms with Gasteiger partial charge in [-0.15, -0.1) is 0 Å². The number of piperidine rings is 1. The Balaban J connectivity index is 1.79.